The van der Waals surface area contributed by atoms with Gasteiger partial charge in [-0.3, -0.25) is 4.79 Å². The molecule has 0 unspecified atom stereocenters. The van der Waals surface area contributed by atoms with Crippen molar-refractivity contribution in [1.29, 1.82) is 0 Å². The van der Waals surface area contributed by atoms with Crippen molar-refractivity contribution in [2.45, 2.75) is 25.1 Å². The second kappa shape index (κ2) is 7.75. The third-order valence-corrected chi connectivity index (χ3v) is 4.64. The van der Waals surface area contributed by atoms with Crippen molar-refractivity contribution in [3.63, 3.8) is 0 Å². The normalized spacial score (nSPS) is 20.2. The highest BCUT2D eigenvalue weighted by atomic mass is 19.4. The Morgan fingerprint density at radius 3 is 2.50 bits per heavy atom. The van der Waals surface area contributed by atoms with Crippen LogP contribution in [0.3, 0.4) is 0 Å². The van der Waals surface area contributed by atoms with Gasteiger partial charge in [0.2, 0.25) is 5.95 Å². The summed E-state index contributed by atoms with van der Waals surface area (Å²) in [4.78, 5) is 23.6. The molecule has 1 aromatic heterocycles. The Kier molecular flexibility index (Phi) is 5.61. The number of halogens is 3. The van der Waals surface area contributed by atoms with E-state index in [-0.39, 0.29) is 25.1 Å². The van der Waals surface area contributed by atoms with Crippen LogP contribution in [0.5, 0.6) is 0 Å². The Morgan fingerprint density at radius 2 is 1.88 bits per heavy atom. The van der Waals surface area contributed by atoms with Crippen molar-refractivity contribution in [1.82, 2.24) is 19.8 Å². The van der Waals surface area contributed by atoms with E-state index in [1.165, 1.54) is 4.90 Å². The van der Waals surface area contributed by atoms with Crippen molar-refractivity contribution in [3.05, 3.63) is 17.5 Å². The average molecular weight is 373 g/mol. The zero-order chi connectivity index (χ0) is 18.7. The molecule has 1 aromatic rings. The summed E-state index contributed by atoms with van der Waals surface area (Å²) in [6.07, 6.45) is -2.15. The van der Waals surface area contributed by atoms with Gasteiger partial charge in [0.1, 0.15) is 0 Å². The number of hydrogen-bond acceptors (Lipinski definition) is 6. The number of nitrogens with zero attached hydrogens (tertiary/aromatic N) is 4. The Bertz CT molecular complexity index is 641. The number of alkyl halides is 3. The molecule has 0 bridgehead atoms. The number of rotatable bonds is 3. The smallest absolute Gasteiger partial charge is 0.378 e. The predicted octanol–water partition coefficient (Wildman–Crippen LogP) is 1.47. The Morgan fingerprint density at radius 1 is 1.23 bits per heavy atom. The van der Waals surface area contributed by atoms with Crippen molar-refractivity contribution in [2.75, 3.05) is 51.8 Å². The van der Waals surface area contributed by atoms with Gasteiger partial charge in [0.05, 0.1) is 18.8 Å². The fraction of sp³-hybridized carbons (Fsp3) is 0.688. The van der Waals surface area contributed by atoms with Gasteiger partial charge in [-0.05, 0) is 33.0 Å². The van der Waals surface area contributed by atoms with Crippen molar-refractivity contribution >= 4 is 11.9 Å². The summed E-state index contributed by atoms with van der Waals surface area (Å²) in [7, 11) is 2.00. The van der Waals surface area contributed by atoms with E-state index >= 15 is 0 Å². The number of carbonyl (C=O) groups is 1. The van der Waals surface area contributed by atoms with Gasteiger partial charge in [0.25, 0.3) is 5.91 Å². The maximum Gasteiger partial charge on any atom is 0.434 e. The molecule has 0 saturated carbocycles. The van der Waals surface area contributed by atoms with Crippen LogP contribution in [0.15, 0.2) is 6.20 Å². The number of nitrogens with one attached hydrogen (secondary N) is 1. The van der Waals surface area contributed by atoms with Crippen LogP contribution in [0.4, 0.5) is 19.1 Å². The second-order valence-corrected chi connectivity index (χ2v) is 6.58. The lowest BCUT2D eigenvalue weighted by Crippen LogP contribution is -2.41. The summed E-state index contributed by atoms with van der Waals surface area (Å²) in [5, 5.41) is 2.97. The molecule has 0 spiro atoms. The first-order chi connectivity index (χ1) is 12.3. The maximum absolute atomic E-state index is 13.5. The summed E-state index contributed by atoms with van der Waals surface area (Å²) in [6.45, 7) is 2.85. The Labute approximate surface area is 149 Å². The maximum atomic E-state index is 13.5. The van der Waals surface area contributed by atoms with Crippen LogP contribution in [0.1, 0.15) is 28.9 Å². The predicted molar refractivity (Wildman–Crippen MR) is 87.9 cm³/mol. The molecule has 1 N–H and O–H groups in total. The van der Waals surface area contributed by atoms with Gasteiger partial charge < -0.3 is 19.9 Å². The van der Waals surface area contributed by atoms with Crippen LogP contribution < -0.4 is 5.32 Å². The Hall–Kier alpha value is -1.94. The van der Waals surface area contributed by atoms with Crippen LogP contribution in [-0.2, 0) is 10.9 Å². The summed E-state index contributed by atoms with van der Waals surface area (Å²) in [5.41, 5.74) is -1.72. The highest BCUT2D eigenvalue weighted by Crippen LogP contribution is 2.31. The fourth-order valence-corrected chi connectivity index (χ4v) is 3.10. The monoisotopic (exact) mass is 373 g/mol. The topological polar surface area (TPSA) is 70.6 Å². The summed E-state index contributed by atoms with van der Waals surface area (Å²) in [6, 6.07) is 0.0214. The molecule has 2 saturated heterocycles. The molecule has 3 rings (SSSR count). The molecule has 2 aliphatic rings. The van der Waals surface area contributed by atoms with Crippen molar-refractivity contribution in [2.24, 2.45) is 0 Å². The summed E-state index contributed by atoms with van der Waals surface area (Å²) < 4.78 is 45.5. The number of carbonyl (C=O) groups excluding carboxylic acids is 1. The van der Waals surface area contributed by atoms with Crippen molar-refractivity contribution in [3.8, 4) is 0 Å². The van der Waals surface area contributed by atoms with Gasteiger partial charge >= 0.3 is 6.18 Å². The third-order valence-electron chi connectivity index (χ3n) is 4.64. The molecule has 2 fully saturated rings. The van der Waals surface area contributed by atoms with Crippen LogP contribution in [-0.4, -0.2) is 78.2 Å². The van der Waals surface area contributed by atoms with E-state index in [1.807, 2.05) is 7.05 Å². The van der Waals surface area contributed by atoms with Crippen molar-refractivity contribution < 1.29 is 22.7 Å². The lowest BCUT2D eigenvalue weighted by molar-refractivity contribution is -0.141. The molecule has 0 aromatic carbocycles. The number of amides is 1. The number of anilines is 1. The largest absolute Gasteiger partial charge is 0.434 e. The van der Waals surface area contributed by atoms with E-state index in [2.05, 4.69) is 20.2 Å². The minimum atomic E-state index is -4.73. The van der Waals surface area contributed by atoms with Gasteiger partial charge in [-0.1, -0.05) is 0 Å². The SMILES string of the molecule is CN1CCC(Nc2ncc(C(=O)N3CCOCC3)c(C(F)(F)F)n2)CC1. The lowest BCUT2D eigenvalue weighted by Gasteiger charge is -2.30. The van der Waals surface area contributed by atoms with Gasteiger partial charge in [0.15, 0.2) is 5.69 Å². The third kappa shape index (κ3) is 4.42. The van der Waals surface area contributed by atoms with Crippen LogP contribution in [0.25, 0.3) is 0 Å². The molecule has 10 heteroatoms. The fourth-order valence-electron chi connectivity index (χ4n) is 3.10. The number of ether oxygens (including phenoxy) is 1. The molecular weight excluding hydrogens is 351 g/mol. The second-order valence-electron chi connectivity index (χ2n) is 6.58. The van der Waals surface area contributed by atoms with Gasteiger partial charge in [-0.2, -0.15) is 13.2 Å². The first-order valence-corrected chi connectivity index (χ1v) is 8.61. The lowest BCUT2D eigenvalue weighted by atomic mass is 10.1. The van der Waals surface area contributed by atoms with E-state index < -0.39 is 23.3 Å². The minimum Gasteiger partial charge on any atom is -0.378 e. The molecule has 144 valence electrons. The first-order valence-electron chi connectivity index (χ1n) is 8.61. The molecule has 26 heavy (non-hydrogen) atoms. The molecule has 0 atom stereocenters. The first kappa shape index (κ1) is 18.8. The van der Waals surface area contributed by atoms with Gasteiger partial charge in [-0.15, -0.1) is 0 Å². The molecule has 7 nitrogen and oxygen atoms in total. The van der Waals surface area contributed by atoms with E-state index in [0.717, 1.165) is 32.1 Å². The van der Waals surface area contributed by atoms with Crippen LogP contribution in [0, 0.1) is 0 Å². The molecule has 0 aliphatic carbocycles. The van der Waals surface area contributed by atoms with E-state index in [9.17, 15) is 18.0 Å². The summed E-state index contributed by atoms with van der Waals surface area (Å²) in [5.74, 6) is -0.808. The molecule has 1 amide bonds. The molecule has 3 heterocycles. The number of piperidine rings is 1. The number of likely N-dealkylation sites (tertiary alicyclic amines) is 1. The number of morpholine rings is 1. The number of hydrogen-bond donors (Lipinski definition) is 1. The number of aromatic nitrogens is 2. The molecule has 0 radical (unpaired) electrons. The van der Waals surface area contributed by atoms with E-state index in [4.69, 9.17) is 4.74 Å². The minimum absolute atomic E-state index is 0.0214. The quantitative estimate of drug-likeness (QED) is 0.865. The molecular formula is C16H22F3N5O2. The van der Waals surface area contributed by atoms with Gasteiger partial charge in [-0.25, -0.2) is 9.97 Å². The van der Waals surface area contributed by atoms with Gasteiger partial charge in [0, 0.05) is 25.3 Å². The van der Waals surface area contributed by atoms with Crippen LogP contribution >= 0.6 is 0 Å². The van der Waals surface area contributed by atoms with Crippen LogP contribution in [0.2, 0.25) is 0 Å². The van der Waals surface area contributed by atoms with E-state index in [1.54, 1.807) is 0 Å². The van der Waals surface area contributed by atoms with E-state index in [0.29, 0.717) is 13.2 Å². The zero-order valence-electron chi connectivity index (χ0n) is 14.6. The zero-order valence-corrected chi connectivity index (χ0v) is 14.6. The molecule has 2 aliphatic heterocycles. The highest BCUT2D eigenvalue weighted by Gasteiger charge is 2.39. The summed E-state index contributed by atoms with van der Waals surface area (Å²) >= 11 is 0. The standard InChI is InChI=1S/C16H22F3N5O2/c1-23-4-2-11(3-5-23)21-15-20-10-12(13(22-15)16(17,18)19)14(25)24-6-8-26-9-7-24/h10-11H,2-9H2,1H3,(H,20,21,22). The highest BCUT2D eigenvalue weighted by molar-refractivity contribution is 5.95. The average Bonchev–Trinajstić information content (AvgIpc) is 2.63. The Balaban J connectivity index is 1.80.